The molecule has 1 aliphatic heterocycles. The van der Waals surface area contributed by atoms with Crippen LogP contribution in [0.25, 0.3) is 10.8 Å². The lowest BCUT2D eigenvalue weighted by Gasteiger charge is -2.35. The Morgan fingerprint density at radius 3 is 2.65 bits per heavy atom. The smallest absolute Gasteiger partial charge is 0.191 e. The molecule has 26 heavy (non-hydrogen) atoms. The summed E-state index contributed by atoms with van der Waals surface area (Å²) in [5.41, 5.74) is 1.05. The molecule has 0 amide bonds. The number of pyridine rings is 1. The van der Waals surface area contributed by atoms with Gasteiger partial charge in [0.1, 0.15) is 0 Å². The van der Waals surface area contributed by atoms with Gasteiger partial charge in [-0.1, -0.05) is 24.3 Å². The molecule has 0 saturated carbocycles. The molecular weight excluding hydrogens is 437 g/mol. The molecule has 0 unspecified atom stereocenters. The third kappa shape index (κ3) is 5.30. The molecule has 1 aromatic heterocycles. The van der Waals surface area contributed by atoms with E-state index in [0.717, 1.165) is 37.6 Å². The zero-order chi connectivity index (χ0) is 17.6. The summed E-state index contributed by atoms with van der Waals surface area (Å²) in [5.74, 6) is 0.859. The standard InChI is InChI=1S/C20H29N5.HI/c1-15(2)25-12-9-17(10-13-25)24-20(21-3)23-14-19-18-7-5-4-6-16(18)8-11-22-19;/h4-8,11,15,17H,9-10,12-14H2,1-3H3,(H2,21,23,24);1H. The highest BCUT2D eigenvalue weighted by Crippen LogP contribution is 2.16. The van der Waals surface area contributed by atoms with Crippen molar-refractivity contribution in [2.75, 3.05) is 20.1 Å². The van der Waals surface area contributed by atoms with Crippen LogP contribution in [0.4, 0.5) is 0 Å². The number of benzene rings is 1. The number of hydrogen-bond acceptors (Lipinski definition) is 3. The number of nitrogens with one attached hydrogen (secondary N) is 2. The van der Waals surface area contributed by atoms with Crippen LogP contribution in [0.3, 0.4) is 0 Å². The van der Waals surface area contributed by atoms with E-state index >= 15 is 0 Å². The van der Waals surface area contributed by atoms with Crippen LogP contribution in [0, 0.1) is 0 Å². The fraction of sp³-hybridized carbons (Fsp3) is 0.500. The van der Waals surface area contributed by atoms with Gasteiger partial charge in [-0.25, -0.2) is 0 Å². The molecule has 0 bridgehead atoms. The number of rotatable bonds is 4. The Hall–Kier alpha value is -1.41. The zero-order valence-electron chi connectivity index (χ0n) is 15.9. The van der Waals surface area contributed by atoms with E-state index in [-0.39, 0.29) is 24.0 Å². The number of halogens is 1. The molecular formula is C20H30IN5. The third-order valence-corrected chi connectivity index (χ3v) is 5.00. The second kappa shape index (κ2) is 10.1. The summed E-state index contributed by atoms with van der Waals surface area (Å²) in [6, 6.07) is 11.5. The molecule has 0 aliphatic carbocycles. The van der Waals surface area contributed by atoms with Crippen LogP contribution in [0.1, 0.15) is 32.4 Å². The molecule has 1 aromatic carbocycles. The Morgan fingerprint density at radius 1 is 1.23 bits per heavy atom. The van der Waals surface area contributed by atoms with Gasteiger partial charge in [0.15, 0.2) is 5.96 Å². The molecule has 3 rings (SSSR count). The Balaban J connectivity index is 0.00000243. The highest BCUT2D eigenvalue weighted by atomic mass is 127. The molecule has 2 N–H and O–H groups in total. The predicted molar refractivity (Wildman–Crippen MR) is 120 cm³/mol. The van der Waals surface area contributed by atoms with Gasteiger partial charge in [0.2, 0.25) is 0 Å². The van der Waals surface area contributed by atoms with Gasteiger partial charge in [0.05, 0.1) is 12.2 Å². The Kier molecular flexibility index (Phi) is 8.09. The Bertz CT molecular complexity index is 718. The number of fused-ring (bicyclic) bond motifs is 1. The molecule has 0 radical (unpaired) electrons. The number of aliphatic imine (C=N–C) groups is 1. The normalized spacial score (nSPS) is 16.5. The average molecular weight is 467 g/mol. The average Bonchev–Trinajstić information content (AvgIpc) is 2.65. The maximum atomic E-state index is 4.54. The number of nitrogens with zero attached hydrogens (tertiary/aromatic N) is 3. The lowest BCUT2D eigenvalue weighted by molar-refractivity contribution is 0.167. The molecule has 0 atom stereocenters. The van der Waals surface area contributed by atoms with Crippen molar-refractivity contribution in [1.82, 2.24) is 20.5 Å². The summed E-state index contributed by atoms with van der Waals surface area (Å²) in [5, 5.41) is 9.40. The number of hydrogen-bond donors (Lipinski definition) is 2. The SMILES string of the molecule is CN=C(NCc1nccc2ccccc12)NC1CCN(C(C)C)CC1.I. The second-order valence-electron chi connectivity index (χ2n) is 6.95. The quantitative estimate of drug-likeness (QED) is 0.411. The van der Waals surface area contributed by atoms with Crippen LogP contribution < -0.4 is 10.6 Å². The van der Waals surface area contributed by atoms with Crippen molar-refractivity contribution in [1.29, 1.82) is 0 Å². The van der Waals surface area contributed by atoms with Crippen LogP contribution in [-0.4, -0.2) is 48.1 Å². The summed E-state index contributed by atoms with van der Waals surface area (Å²) >= 11 is 0. The lowest BCUT2D eigenvalue weighted by Crippen LogP contribution is -2.49. The van der Waals surface area contributed by atoms with E-state index in [0.29, 0.717) is 18.6 Å². The van der Waals surface area contributed by atoms with E-state index in [1.807, 2.05) is 13.2 Å². The zero-order valence-corrected chi connectivity index (χ0v) is 18.2. The predicted octanol–water partition coefficient (Wildman–Crippen LogP) is 3.39. The maximum Gasteiger partial charge on any atom is 0.191 e. The van der Waals surface area contributed by atoms with Gasteiger partial charge in [0.25, 0.3) is 0 Å². The van der Waals surface area contributed by atoms with Crippen molar-refractivity contribution in [3.8, 4) is 0 Å². The Morgan fingerprint density at radius 2 is 1.96 bits per heavy atom. The number of piperidine rings is 1. The minimum Gasteiger partial charge on any atom is -0.354 e. The first-order chi connectivity index (χ1) is 12.2. The fourth-order valence-electron chi connectivity index (χ4n) is 3.44. The van der Waals surface area contributed by atoms with Crippen LogP contribution in [0.15, 0.2) is 41.5 Å². The molecule has 2 aromatic rings. The van der Waals surface area contributed by atoms with Crippen molar-refractivity contribution < 1.29 is 0 Å². The van der Waals surface area contributed by atoms with Gasteiger partial charge in [-0.2, -0.15) is 0 Å². The van der Waals surface area contributed by atoms with E-state index in [1.54, 1.807) is 0 Å². The number of likely N-dealkylation sites (tertiary alicyclic amines) is 1. The molecule has 2 heterocycles. The first-order valence-corrected chi connectivity index (χ1v) is 9.21. The van der Waals surface area contributed by atoms with E-state index in [2.05, 4.69) is 69.7 Å². The van der Waals surface area contributed by atoms with Crippen molar-refractivity contribution in [3.63, 3.8) is 0 Å². The van der Waals surface area contributed by atoms with Gasteiger partial charge in [-0.05, 0) is 38.1 Å². The molecule has 6 heteroatoms. The summed E-state index contributed by atoms with van der Waals surface area (Å²) in [6.45, 7) is 7.51. The van der Waals surface area contributed by atoms with Crippen molar-refractivity contribution in [2.45, 2.75) is 45.3 Å². The second-order valence-corrected chi connectivity index (χ2v) is 6.95. The topological polar surface area (TPSA) is 52.6 Å². The van der Waals surface area contributed by atoms with Crippen LogP contribution >= 0.6 is 24.0 Å². The number of guanidine groups is 1. The highest BCUT2D eigenvalue weighted by Gasteiger charge is 2.21. The monoisotopic (exact) mass is 467 g/mol. The molecule has 1 aliphatic rings. The summed E-state index contributed by atoms with van der Waals surface area (Å²) in [4.78, 5) is 11.5. The first-order valence-electron chi connectivity index (χ1n) is 9.21. The molecule has 5 nitrogen and oxygen atoms in total. The Labute approximate surface area is 173 Å². The molecule has 0 spiro atoms. The van der Waals surface area contributed by atoms with E-state index in [4.69, 9.17) is 0 Å². The third-order valence-electron chi connectivity index (χ3n) is 5.00. The highest BCUT2D eigenvalue weighted by molar-refractivity contribution is 14.0. The minimum atomic E-state index is 0. The lowest BCUT2D eigenvalue weighted by atomic mass is 10.0. The van der Waals surface area contributed by atoms with E-state index in [9.17, 15) is 0 Å². The maximum absolute atomic E-state index is 4.54. The van der Waals surface area contributed by atoms with Gasteiger partial charge in [-0.15, -0.1) is 24.0 Å². The fourth-order valence-corrected chi connectivity index (χ4v) is 3.44. The molecule has 1 saturated heterocycles. The van der Waals surface area contributed by atoms with Gasteiger partial charge < -0.3 is 15.5 Å². The summed E-state index contributed by atoms with van der Waals surface area (Å²) in [6.07, 6.45) is 4.19. The van der Waals surface area contributed by atoms with Gasteiger partial charge in [0, 0.05) is 43.8 Å². The van der Waals surface area contributed by atoms with Gasteiger partial charge >= 0.3 is 0 Å². The van der Waals surface area contributed by atoms with Crippen LogP contribution in [0.5, 0.6) is 0 Å². The van der Waals surface area contributed by atoms with Crippen molar-refractivity contribution in [2.24, 2.45) is 4.99 Å². The summed E-state index contributed by atoms with van der Waals surface area (Å²) < 4.78 is 0. The van der Waals surface area contributed by atoms with Crippen molar-refractivity contribution in [3.05, 3.63) is 42.2 Å². The summed E-state index contributed by atoms with van der Waals surface area (Å²) in [7, 11) is 1.83. The van der Waals surface area contributed by atoms with E-state index in [1.165, 1.54) is 10.8 Å². The largest absolute Gasteiger partial charge is 0.354 e. The molecule has 142 valence electrons. The van der Waals surface area contributed by atoms with E-state index < -0.39 is 0 Å². The van der Waals surface area contributed by atoms with Crippen molar-refractivity contribution >= 4 is 40.7 Å². The molecule has 1 fully saturated rings. The minimum absolute atomic E-state index is 0. The number of aromatic nitrogens is 1. The van der Waals surface area contributed by atoms with Crippen LogP contribution in [-0.2, 0) is 6.54 Å². The van der Waals surface area contributed by atoms with Crippen LogP contribution in [0.2, 0.25) is 0 Å². The van der Waals surface area contributed by atoms with Gasteiger partial charge in [-0.3, -0.25) is 9.98 Å². The first kappa shape index (κ1) is 20.9.